The van der Waals surface area contributed by atoms with E-state index in [1.54, 1.807) is 0 Å². The van der Waals surface area contributed by atoms with Crippen molar-refractivity contribution in [2.75, 3.05) is 19.7 Å². The summed E-state index contributed by atoms with van der Waals surface area (Å²) >= 11 is 0. The van der Waals surface area contributed by atoms with Crippen molar-refractivity contribution in [3.63, 3.8) is 0 Å². The highest BCUT2D eigenvalue weighted by Gasteiger charge is 2.27. The van der Waals surface area contributed by atoms with E-state index in [1.165, 1.54) is 18.4 Å². The molecule has 2 N–H and O–H groups in total. The Morgan fingerprint density at radius 3 is 2.70 bits per heavy atom. The van der Waals surface area contributed by atoms with Gasteiger partial charge in [-0.2, -0.15) is 0 Å². The van der Waals surface area contributed by atoms with Crippen molar-refractivity contribution >= 4 is 0 Å². The smallest absolute Gasteiger partial charge is 0.122 e. The van der Waals surface area contributed by atoms with Crippen LogP contribution < -0.4 is 10.1 Å². The fraction of sp³-hybridized carbons (Fsp3) is 0.647. The molecule has 1 fully saturated rings. The summed E-state index contributed by atoms with van der Waals surface area (Å²) in [6.45, 7) is 8.31. The highest BCUT2D eigenvalue weighted by molar-refractivity contribution is 5.35. The van der Waals surface area contributed by atoms with Gasteiger partial charge in [0.2, 0.25) is 0 Å². The van der Waals surface area contributed by atoms with Crippen LogP contribution in [0.3, 0.4) is 0 Å². The summed E-state index contributed by atoms with van der Waals surface area (Å²) in [6, 6.07) is 6.10. The summed E-state index contributed by atoms with van der Waals surface area (Å²) in [7, 11) is 0. The molecule has 1 aromatic rings. The molecule has 0 amide bonds. The van der Waals surface area contributed by atoms with Gasteiger partial charge in [0.25, 0.3) is 0 Å². The van der Waals surface area contributed by atoms with Gasteiger partial charge in [-0.05, 0) is 56.7 Å². The Kier molecular flexibility index (Phi) is 5.44. The van der Waals surface area contributed by atoms with Crippen LogP contribution in [-0.4, -0.2) is 30.9 Å². The molecule has 0 aliphatic heterocycles. The van der Waals surface area contributed by atoms with Gasteiger partial charge >= 0.3 is 0 Å². The quantitative estimate of drug-likeness (QED) is 0.767. The summed E-state index contributed by atoms with van der Waals surface area (Å²) in [5.74, 6) is 2.49. The van der Waals surface area contributed by atoms with E-state index in [0.29, 0.717) is 13.2 Å². The van der Waals surface area contributed by atoms with Crippen molar-refractivity contribution in [1.82, 2.24) is 5.32 Å². The SMILES string of the molecule is Cc1ccc(OCC(O)CNCC(C)C2CC2)c(C)c1. The third-order valence-electron chi connectivity index (χ3n) is 4.03. The zero-order valence-electron chi connectivity index (χ0n) is 12.9. The zero-order chi connectivity index (χ0) is 14.5. The van der Waals surface area contributed by atoms with E-state index in [4.69, 9.17) is 4.74 Å². The third kappa shape index (κ3) is 4.80. The van der Waals surface area contributed by atoms with Crippen LogP contribution in [0.4, 0.5) is 0 Å². The number of rotatable bonds is 8. The number of hydrogen-bond acceptors (Lipinski definition) is 3. The summed E-state index contributed by atoms with van der Waals surface area (Å²) < 4.78 is 5.68. The maximum atomic E-state index is 9.94. The van der Waals surface area contributed by atoms with E-state index in [-0.39, 0.29) is 0 Å². The summed E-state index contributed by atoms with van der Waals surface area (Å²) in [5.41, 5.74) is 2.35. The zero-order valence-corrected chi connectivity index (χ0v) is 12.9. The van der Waals surface area contributed by atoms with Gasteiger partial charge in [0.15, 0.2) is 0 Å². The van der Waals surface area contributed by atoms with Crippen molar-refractivity contribution in [2.45, 2.75) is 39.7 Å². The molecule has 20 heavy (non-hydrogen) atoms. The van der Waals surface area contributed by atoms with E-state index < -0.39 is 6.10 Å². The molecule has 3 nitrogen and oxygen atoms in total. The van der Waals surface area contributed by atoms with Gasteiger partial charge < -0.3 is 15.2 Å². The van der Waals surface area contributed by atoms with Crippen LogP contribution in [0.25, 0.3) is 0 Å². The van der Waals surface area contributed by atoms with Crippen LogP contribution in [0.1, 0.15) is 30.9 Å². The Morgan fingerprint density at radius 2 is 2.05 bits per heavy atom. The first-order valence-electron chi connectivity index (χ1n) is 7.65. The number of aliphatic hydroxyl groups is 1. The third-order valence-corrected chi connectivity index (χ3v) is 4.03. The van der Waals surface area contributed by atoms with Crippen LogP contribution in [0.5, 0.6) is 5.75 Å². The lowest BCUT2D eigenvalue weighted by atomic mass is 10.1. The highest BCUT2D eigenvalue weighted by Crippen LogP contribution is 2.36. The molecule has 1 aliphatic carbocycles. The molecule has 1 saturated carbocycles. The minimum Gasteiger partial charge on any atom is -0.491 e. The standard InChI is InChI=1S/C17H27NO2/c1-12-4-7-17(13(2)8-12)20-11-16(19)10-18-9-14(3)15-5-6-15/h4,7-8,14-16,18-19H,5-6,9-11H2,1-3H3. The molecule has 2 rings (SSSR count). The first kappa shape index (κ1) is 15.3. The van der Waals surface area contributed by atoms with Crippen LogP contribution in [0, 0.1) is 25.7 Å². The Balaban J connectivity index is 1.65. The van der Waals surface area contributed by atoms with Crippen molar-refractivity contribution in [3.05, 3.63) is 29.3 Å². The number of aliphatic hydroxyl groups excluding tert-OH is 1. The van der Waals surface area contributed by atoms with Crippen LogP contribution in [-0.2, 0) is 0 Å². The van der Waals surface area contributed by atoms with E-state index in [1.807, 2.05) is 19.1 Å². The second kappa shape index (κ2) is 7.09. The van der Waals surface area contributed by atoms with E-state index >= 15 is 0 Å². The minimum atomic E-state index is -0.456. The molecule has 3 heteroatoms. The maximum absolute atomic E-state index is 9.94. The summed E-state index contributed by atoms with van der Waals surface area (Å²) in [4.78, 5) is 0. The molecule has 0 heterocycles. The molecule has 1 aromatic carbocycles. The Hall–Kier alpha value is -1.06. The monoisotopic (exact) mass is 277 g/mol. The van der Waals surface area contributed by atoms with Gasteiger partial charge in [-0.3, -0.25) is 0 Å². The fourth-order valence-electron chi connectivity index (χ4n) is 2.52. The van der Waals surface area contributed by atoms with E-state index in [0.717, 1.165) is 29.7 Å². The second-order valence-electron chi connectivity index (χ2n) is 6.21. The molecule has 0 saturated heterocycles. The molecule has 2 atom stereocenters. The first-order chi connectivity index (χ1) is 9.56. The van der Waals surface area contributed by atoms with Crippen molar-refractivity contribution < 1.29 is 9.84 Å². The van der Waals surface area contributed by atoms with Crippen LogP contribution in [0.15, 0.2) is 18.2 Å². The number of ether oxygens (including phenoxy) is 1. The summed E-state index contributed by atoms with van der Waals surface area (Å²) in [6.07, 6.45) is 2.30. The highest BCUT2D eigenvalue weighted by atomic mass is 16.5. The van der Waals surface area contributed by atoms with Gasteiger partial charge in [-0.25, -0.2) is 0 Å². The average Bonchev–Trinajstić information content (AvgIpc) is 3.22. The average molecular weight is 277 g/mol. The van der Waals surface area contributed by atoms with Gasteiger partial charge in [0.1, 0.15) is 18.5 Å². The maximum Gasteiger partial charge on any atom is 0.122 e. The predicted molar refractivity (Wildman–Crippen MR) is 82.2 cm³/mol. The van der Waals surface area contributed by atoms with Gasteiger partial charge in [-0.15, -0.1) is 0 Å². The fourth-order valence-corrected chi connectivity index (χ4v) is 2.52. The molecule has 2 unspecified atom stereocenters. The van der Waals surface area contributed by atoms with E-state index in [2.05, 4.69) is 25.2 Å². The Labute approximate surface area is 122 Å². The molecular weight excluding hydrogens is 250 g/mol. The lowest BCUT2D eigenvalue weighted by Gasteiger charge is -2.16. The second-order valence-corrected chi connectivity index (χ2v) is 6.21. The molecule has 0 aromatic heterocycles. The largest absolute Gasteiger partial charge is 0.491 e. The molecule has 0 radical (unpaired) electrons. The minimum absolute atomic E-state index is 0.342. The molecule has 0 bridgehead atoms. The summed E-state index contributed by atoms with van der Waals surface area (Å²) in [5, 5.41) is 13.3. The van der Waals surface area contributed by atoms with Gasteiger partial charge in [0, 0.05) is 6.54 Å². The molecular formula is C17H27NO2. The first-order valence-corrected chi connectivity index (χ1v) is 7.65. The molecule has 1 aliphatic rings. The van der Waals surface area contributed by atoms with Crippen molar-refractivity contribution in [1.29, 1.82) is 0 Å². The molecule has 112 valence electrons. The van der Waals surface area contributed by atoms with Gasteiger partial charge in [-0.1, -0.05) is 24.6 Å². The normalized spacial score (nSPS) is 17.8. The Morgan fingerprint density at radius 1 is 1.30 bits per heavy atom. The predicted octanol–water partition coefficient (Wildman–Crippen LogP) is 2.68. The van der Waals surface area contributed by atoms with Crippen LogP contribution in [0.2, 0.25) is 0 Å². The Bertz CT molecular complexity index is 429. The molecule has 0 spiro atoms. The number of benzene rings is 1. The topological polar surface area (TPSA) is 41.5 Å². The van der Waals surface area contributed by atoms with Crippen molar-refractivity contribution in [3.8, 4) is 5.75 Å². The van der Waals surface area contributed by atoms with Gasteiger partial charge in [0.05, 0.1) is 0 Å². The number of nitrogens with one attached hydrogen (secondary N) is 1. The lowest BCUT2D eigenvalue weighted by Crippen LogP contribution is -2.34. The number of hydrogen-bond donors (Lipinski definition) is 2. The van der Waals surface area contributed by atoms with Crippen LogP contribution >= 0.6 is 0 Å². The number of aryl methyl sites for hydroxylation is 2. The lowest BCUT2D eigenvalue weighted by molar-refractivity contribution is 0.105. The van der Waals surface area contributed by atoms with Crippen molar-refractivity contribution in [2.24, 2.45) is 11.8 Å². The van der Waals surface area contributed by atoms with E-state index in [9.17, 15) is 5.11 Å².